The van der Waals surface area contributed by atoms with Gasteiger partial charge in [0.15, 0.2) is 0 Å². The molecule has 0 heterocycles. The summed E-state index contributed by atoms with van der Waals surface area (Å²) in [7, 11) is 0. The number of hydrogen-bond acceptors (Lipinski definition) is 2. The molecular formula is C15H13NO2. The normalized spacial score (nSPS) is 9.61. The number of hydrogen-bond donors (Lipinski definition) is 2. The minimum absolute atomic E-state index is 0.118. The van der Waals surface area contributed by atoms with Crippen molar-refractivity contribution in [1.29, 1.82) is 0 Å². The highest BCUT2D eigenvalue weighted by Crippen LogP contribution is 2.27. The minimum atomic E-state index is -0.118. The molecule has 90 valence electrons. The Balaban J connectivity index is 2.29. The summed E-state index contributed by atoms with van der Waals surface area (Å²) in [6.45, 7) is 1.72. The van der Waals surface area contributed by atoms with Crippen LogP contribution in [0.5, 0.6) is 5.75 Å². The molecule has 3 heteroatoms. The van der Waals surface area contributed by atoms with E-state index in [1.807, 2.05) is 30.3 Å². The molecule has 0 aliphatic carbocycles. The van der Waals surface area contributed by atoms with Crippen LogP contribution in [0.15, 0.2) is 36.4 Å². The third kappa shape index (κ3) is 2.61. The SMILES string of the molecule is CC(=O)NCC#Cc1ccc2ccccc2c1O. The molecular weight excluding hydrogens is 226 g/mol. The molecule has 0 atom stereocenters. The first-order chi connectivity index (χ1) is 8.68. The average molecular weight is 239 g/mol. The lowest BCUT2D eigenvalue weighted by Crippen LogP contribution is -2.19. The van der Waals surface area contributed by atoms with Gasteiger partial charge in [-0.3, -0.25) is 4.79 Å². The van der Waals surface area contributed by atoms with Crippen LogP contribution in [0.25, 0.3) is 10.8 Å². The summed E-state index contributed by atoms with van der Waals surface area (Å²) in [5, 5.41) is 14.4. The van der Waals surface area contributed by atoms with Crippen LogP contribution in [-0.4, -0.2) is 17.6 Å². The van der Waals surface area contributed by atoms with Crippen molar-refractivity contribution in [2.75, 3.05) is 6.54 Å². The molecule has 2 N–H and O–H groups in total. The fourth-order valence-corrected chi connectivity index (χ4v) is 1.66. The van der Waals surface area contributed by atoms with Crippen molar-refractivity contribution in [2.24, 2.45) is 0 Å². The van der Waals surface area contributed by atoms with Crippen LogP contribution < -0.4 is 5.32 Å². The quantitative estimate of drug-likeness (QED) is 0.748. The number of carbonyl (C=O) groups is 1. The van der Waals surface area contributed by atoms with E-state index in [1.54, 1.807) is 6.07 Å². The monoisotopic (exact) mass is 239 g/mol. The van der Waals surface area contributed by atoms with Gasteiger partial charge in [-0.25, -0.2) is 0 Å². The molecule has 18 heavy (non-hydrogen) atoms. The second-order valence-electron chi connectivity index (χ2n) is 3.89. The van der Waals surface area contributed by atoms with E-state index in [9.17, 15) is 9.90 Å². The number of carbonyl (C=O) groups excluding carboxylic acids is 1. The molecule has 0 fully saturated rings. The van der Waals surface area contributed by atoms with Crippen LogP contribution in [0, 0.1) is 11.8 Å². The Morgan fingerprint density at radius 1 is 1.28 bits per heavy atom. The number of aromatic hydroxyl groups is 1. The highest BCUT2D eigenvalue weighted by atomic mass is 16.3. The summed E-state index contributed by atoms with van der Waals surface area (Å²) in [5.41, 5.74) is 0.569. The molecule has 0 radical (unpaired) electrons. The van der Waals surface area contributed by atoms with E-state index in [0.717, 1.165) is 10.8 Å². The Kier molecular flexibility index (Phi) is 3.49. The van der Waals surface area contributed by atoms with Gasteiger partial charge in [-0.05, 0) is 11.5 Å². The topological polar surface area (TPSA) is 49.3 Å². The van der Waals surface area contributed by atoms with E-state index in [4.69, 9.17) is 0 Å². The number of phenolic OH excluding ortho intramolecular Hbond substituents is 1. The van der Waals surface area contributed by atoms with Gasteiger partial charge in [0, 0.05) is 12.3 Å². The van der Waals surface area contributed by atoms with Crippen molar-refractivity contribution in [2.45, 2.75) is 6.92 Å². The number of benzene rings is 2. The molecule has 0 aliphatic heterocycles. The van der Waals surface area contributed by atoms with Crippen molar-refractivity contribution >= 4 is 16.7 Å². The lowest BCUT2D eigenvalue weighted by molar-refractivity contribution is -0.118. The van der Waals surface area contributed by atoms with Crippen LogP contribution in [0.2, 0.25) is 0 Å². The number of nitrogens with one attached hydrogen (secondary N) is 1. The zero-order chi connectivity index (χ0) is 13.0. The smallest absolute Gasteiger partial charge is 0.217 e. The fraction of sp³-hybridized carbons (Fsp3) is 0.133. The van der Waals surface area contributed by atoms with Gasteiger partial charge < -0.3 is 10.4 Å². The van der Waals surface area contributed by atoms with Crippen molar-refractivity contribution < 1.29 is 9.90 Å². The van der Waals surface area contributed by atoms with Crippen LogP contribution >= 0.6 is 0 Å². The summed E-state index contributed by atoms with van der Waals surface area (Å²) >= 11 is 0. The zero-order valence-corrected chi connectivity index (χ0v) is 10.0. The Morgan fingerprint density at radius 2 is 2.06 bits per heavy atom. The third-order valence-corrected chi connectivity index (χ3v) is 2.55. The fourth-order valence-electron chi connectivity index (χ4n) is 1.66. The molecule has 0 bridgehead atoms. The highest BCUT2D eigenvalue weighted by Gasteiger charge is 2.02. The van der Waals surface area contributed by atoms with E-state index < -0.39 is 0 Å². The Labute approximate surface area is 105 Å². The van der Waals surface area contributed by atoms with Gasteiger partial charge in [-0.15, -0.1) is 0 Å². The van der Waals surface area contributed by atoms with E-state index >= 15 is 0 Å². The Morgan fingerprint density at radius 3 is 2.83 bits per heavy atom. The molecule has 0 saturated carbocycles. The first-order valence-corrected chi connectivity index (χ1v) is 5.62. The maximum Gasteiger partial charge on any atom is 0.217 e. The van der Waals surface area contributed by atoms with E-state index in [2.05, 4.69) is 17.2 Å². The number of phenols is 1. The predicted octanol–water partition coefficient (Wildman–Crippen LogP) is 2.03. The van der Waals surface area contributed by atoms with Crippen molar-refractivity contribution in [3.63, 3.8) is 0 Å². The molecule has 2 aromatic rings. The molecule has 3 nitrogen and oxygen atoms in total. The van der Waals surface area contributed by atoms with Gasteiger partial charge in [-0.1, -0.05) is 42.2 Å². The Bertz CT molecular complexity index is 650. The molecule has 0 aromatic heterocycles. The summed E-state index contributed by atoms with van der Waals surface area (Å²) < 4.78 is 0. The summed E-state index contributed by atoms with van der Waals surface area (Å²) in [4.78, 5) is 10.7. The molecule has 0 unspecified atom stereocenters. The van der Waals surface area contributed by atoms with Crippen molar-refractivity contribution in [3.8, 4) is 17.6 Å². The average Bonchev–Trinajstić information content (AvgIpc) is 2.37. The molecule has 0 saturated heterocycles. The first kappa shape index (κ1) is 12.0. The van der Waals surface area contributed by atoms with Gasteiger partial charge in [0.05, 0.1) is 12.1 Å². The maximum atomic E-state index is 10.7. The first-order valence-electron chi connectivity index (χ1n) is 5.62. The summed E-state index contributed by atoms with van der Waals surface area (Å²) in [5.74, 6) is 5.71. The van der Waals surface area contributed by atoms with Crippen LogP contribution in [0.1, 0.15) is 12.5 Å². The third-order valence-electron chi connectivity index (χ3n) is 2.55. The van der Waals surface area contributed by atoms with Gasteiger partial charge >= 0.3 is 0 Å². The van der Waals surface area contributed by atoms with Crippen LogP contribution in [0.4, 0.5) is 0 Å². The second-order valence-corrected chi connectivity index (χ2v) is 3.89. The van der Waals surface area contributed by atoms with Crippen molar-refractivity contribution in [1.82, 2.24) is 5.32 Å². The predicted molar refractivity (Wildman–Crippen MR) is 71.2 cm³/mol. The molecule has 2 rings (SSSR count). The van der Waals surface area contributed by atoms with Crippen LogP contribution in [-0.2, 0) is 4.79 Å². The number of rotatable bonds is 1. The van der Waals surface area contributed by atoms with Gasteiger partial charge in [-0.2, -0.15) is 0 Å². The lowest BCUT2D eigenvalue weighted by atomic mass is 10.1. The number of amides is 1. The van der Waals surface area contributed by atoms with Crippen LogP contribution in [0.3, 0.4) is 0 Å². The lowest BCUT2D eigenvalue weighted by Gasteiger charge is -2.02. The van der Waals surface area contributed by atoms with E-state index in [1.165, 1.54) is 6.92 Å². The molecule has 2 aromatic carbocycles. The summed E-state index contributed by atoms with van der Waals surface area (Å²) in [6.07, 6.45) is 0. The highest BCUT2D eigenvalue weighted by molar-refractivity contribution is 5.90. The van der Waals surface area contributed by atoms with Crippen molar-refractivity contribution in [3.05, 3.63) is 42.0 Å². The molecule has 0 aliphatic rings. The Hall–Kier alpha value is -2.47. The number of fused-ring (bicyclic) bond motifs is 1. The zero-order valence-electron chi connectivity index (χ0n) is 10.0. The maximum absolute atomic E-state index is 10.7. The largest absolute Gasteiger partial charge is 0.506 e. The summed E-state index contributed by atoms with van der Waals surface area (Å²) in [6, 6.07) is 11.3. The minimum Gasteiger partial charge on any atom is -0.506 e. The van der Waals surface area contributed by atoms with Gasteiger partial charge in [0.1, 0.15) is 5.75 Å². The standard InChI is InChI=1S/C15H13NO2/c1-11(17)16-10-4-6-13-9-8-12-5-2-3-7-14(12)15(13)18/h2-3,5,7-9,18H,10H2,1H3,(H,16,17). The van der Waals surface area contributed by atoms with Gasteiger partial charge in [0.2, 0.25) is 5.91 Å². The van der Waals surface area contributed by atoms with E-state index in [-0.39, 0.29) is 18.2 Å². The van der Waals surface area contributed by atoms with Gasteiger partial charge in [0.25, 0.3) is 0 Å². The van der Waals surface area contributed by atoms with E-state index in [0.29, 0.717) is 5.56 Å². The second kappa shape index (κ2) is 5.24. The molecule has 1 amide bonds. The molecule has 0 spiro atoms.